The number of amides is 1. The molecule has 6 heteroatoms. The predicted molar refractivity (Wildman–Crippen MR) is 106 cm³/mol. The van der Waals surface area contributed by atoms with Crippen LogP contribution in [-0.4, -0.2) is 30.3 Å². The van der Waals surface area contributed by atoms with Gasteiger partial charge in [-0.1, -0.05) is 17.7 Å². The second kappa shape index (κ2) is 8.78. The quantitative estimate of drug-likeness (QED) is 0.787. The highest BCUT2D eigenvalue weighted by atomic mass is 32.1. The molecule has 0 radical (unpaired) electrons. The summed E-state index contributed by atoms with van der Waals surface area (Å²) in [5, 5.41) is 5.94. The molecule has 2 aromatic rings. The van der Waals surface area contributed by atoms with E-state index in [0.29, 0.717) is 12.2 Å². The summed E-state index contributed by atoms with van der Waals surface area (Å²) in [6.45, 7) is 3.33. The Balaban J connectivity index is 1.48. The van der Waals surface area contributed by atoms with Gasteiger partial charge < -0.3 is 14.8 Å². The first-order valence-corrected chi connectivity index (χ1v) is 9.04. The zero-order valence-corrected chi connectivity index (χ0v) is 15.5. The summed E-state index contributed by atoms with van der Waals surface area (Å²) in [7, 11) is 0. The van der Waals surface area contributed by atoms with Gasteiger partial charge in [0.1, 0.15) is 12.4 Å². The van der Waals surface area contributed by atoms with Gasteiger partial charge in [-0.05, 0) is 68.4 Å². The zero-order chi connectivity index (χ0) is 18.4. The van der Waals surface area contributed by atoms with Crippen molar-refractivity contribution in [3.8, 4) is 5.75 Å². The van der Waals surface area contributed by atoms with E-state index in [1.807, 2.05) is 49.4 Å². The van der Waals surface area contributed by atoms with Gasteiger partial charge in [0, 0.05) is 17.9 Å². The van der Waals surface area contributed by atoms with Gasteiger partial charge in [0.2, 0.25) is 0 Å². The summed E-state index contributed by atoms with van der Waals surface area (Å²) in [6, 6.07) is 14.8. The van der Waals surface area contributed by atoms with Crippen LogP contribution in [0.25, 0.3) is 0 Å². The summed E-state index contributed by atoms with van der Waals surface area (Å²) in [5.74, 6) is 0.545. The molecule has 0 aliphatic carbocycles. The lowest BCUT2D eigenvalue weighted by atomic mass is 10.1. The molecule has 1 fully saturated rings. The third-order valence-electron chi connectivity index (χ3n) is 4.08. The lowest BCUT2D eigenvalue weighted by Crippen LogP contribution is -2.34. The number of hydrogen-bond acceptors (Lipinski definition) is 4. The van der Waals surface area contributed by atoms with Crippen LogP contribution in [0.3, 0.4) is 0 Å². The highest BCUT2D eigenvalue weighted by Crippen LogP contribution is 2.18. The molecule has 1 atom stereocenters. The highest BCUT2D eigenvalue weighted by molar-refractivity contribution is 7.80. The van der Waals surface area contributed by atoms with Crippen LogP contribution in [0.5, 0.6) is 5.75 Å². The van der Waals surface area contributed by atoms with Crippen molar-refractivity contribution < 1.29 is 14.3 Å². The summed E-state index contributed by atoms with van der Waals surface area (Å²) < 4.78 is 11.3. The summed E-state index contributed by atoms with van der Waals surface area (Å²) in [6.07, 6.45) is 2.34. The van der Waals surface area contributed by atoms with Crippen molar-refractivity contribution in [2.24, 2.45) is 0 Å². The van der Waals surface area contributed by atoms with Crippen LogP contribution in [0.2, 0.25) is 0 Å². The fourth-order valence-electron chi connectivity index (χ4n) is 2.72. The molecular formula is C20H22N2O3S. The Hall–Kier alpha value is -2.44. The van der Waals surface area contributed by atoms with E-state index in [2.05, 4.69) is 10.6 Å². The van der Waals surface area contributed by atoms with Gasteiger partial charge in [0.05, 0.1) is 6.10 Å². The van der Waals surface area contributed by atoms with Crippen LogP contribution >= 0.6 is 12.2 Å². The minimum absolute atomic E-state index is 0.192. The average molecular weight is 370 g/mol. The third-order valence-corrected chi connectivity index (χ3v) is 4.28. The van der Waals surface area contributed by atoms with Crippen LogP contribution in [-0.2, 0) is 4.74 Å². The first kappa shape index (κ1) is 18.4. The molecule has 0 saturated carbocycles. The molecule has 5 nitrogen and oxygen atoms in total. The molecule has 1 amide bonds. The number of nitrogens with one attached hydrogen (secondary N) is 2. The topological polar surface area (TPSA) is 59.6 Å². The minimum Gasteiger partial charge on any atom is -0.491 e. The van der Waals surface area contributed by atoms with Crippen LogP contribution in [0, 0.1) is 6.92 Å². The van der Waals surface area contributed by atoms with Crippen molar-refractivity contribution in [3.63, 3.8) is 0 Å². The number of hydrogen-bond donors (Lipinski definition) is 2. The molecule has 1 aliphatic rings. The Bertz CT molecular complexity index is 771. The normalized spacial score (nSPS) is 16.1. The van der Waals surface area contributed by atoms with E-state index >= 15 is 0 Å². The minimum atomic E-state index is -0.234. The maximum absolute atomic E-state index is 12.2. The number of ether oxygens (including phenoxy) is 2. The van der Waals surface area contributed by atoms with E-state index in [0.717, 1.165) is 36.4 Å². The average Bonchev–Trinajstić information content (AvgIpc) is 3.14. The second-order valence-electron chi connectivity index (χ2n) is 6.25. The van der Waals surface area contributed by atoms with E-state index in [1.54, 1.807) is 6.07 Å². The number of aryl methyl sites for hydroxylation is 1. The molecule has 0 bridgehead atoms. The number of rotatable bonds is 5. The second-order valence-corrected chi connectivity index (χ2v) is 6.66. The Morgan fingerprint density at radius 3 is 2.77 bits per heavy atom. The maximum Gasteiger partial charge on any atom is 0.257 e. The molecule has 1 unspecified atom stereocenters. The van der Waals surface area contributed by atoms with Crippen LogP contribution < -0.4 is 15.4 Å². The zero-order valence-electron chi connectivity index (χ0n) is 14.7. The Morgan fingerprint density at radius 1 is 1.27 bits per heavy atom. The fraction of sp³-hybridized carbons (Fsp3) is 0.300. The fourth-order valence-corrected chi connectivity index (χ4v) is 2.93. The highest BCUT2D eigenvalue weighted by Gasteiger charge is 2.16. The molecule has 0 aromatic heterocycles. The van der Waals surface area contributed by atoms with Gasteiger partial charge in [-0.15, -0.1) is 0 Å². The SMILES string of the molecule is Cc1cccc(C(=O)NC(=S)Nc2ccc(OCC3CCCO3)cc2)c1. The molecule has 0 spiro atoms. The van der Waals surface area contributed by atoms with Gasteiger partial charge in [0.15, 0.2) is 5.11 Å². The van der Waals surface area contributed by atoms with E-state index < -0.39 is 0 Å². The van der Waals surface area contributed by atoms with Gasteiger partial charge in [-0.2, -0.15) is 0 Å². The van der Waals surface area contributed by atoms with Gasteiger partial charge in [-0.25, -0.2) is 0 Å². The molecule has 1 aliphatic heterocycles. The van der Waals surface area contributed by atoms with Crippen molar-refractivity contribution in [1.29, 1.82) is 0 Å². The van der Waals surface area contributed by atoms with Crippen molar-refractivity contribution in [1.82, 2.24) is 5.32 Å². The standard InChI is InChI=1S/C20H22N2O3S/c1-14-4-2-5-15(12-14)19(23)22-20(26)21-16-7-9-17(10-8-16)25-13-18-6-3-11-24-18/h2,4-5,7-10,12,18H,3,6,11,13H2,1H3,(H2,21,22,23,26). The van der Waals surface area contributed by atoms with E-state index in [1.165, 1.54) is 0 Å². The summed E-state index contributed by atoms with van der Waals surface area (Å²) in [4.78, 5) is 12.2. The number of benzene rings is 2. The van der Waals surface area contributed by atoms with E-state index in [-0.39, 0.29) is 17.1 Å². The maximum atomic E-state index is 12.2. The first-order chi connectivity index (χ1) is 12.6. The van der Waals surface area contributed by atoms with Gasteiger partial charge >= 0.3 is 0 Å². The number of carbonyl (C=O) groups is 1. The Morgan fingerprint density at radius 2 is 2.08 bits per heavy atom. The molecule has 3 rings (SSSR count). The van der Waals surface area contributed by atoms with E-state index in [9.17, 15) is 4.79 Å². The van der Waals surface area contributed by atoms with Crippen molar-refractivity contribution in [2.45, 2.75) is 25.9 Å². The van der Waals surface area contributed by atoms with Gasteiger partial charge in [-0.3, -0.25) is 10.1 Å². The predicted octanol–water partition coefficient (Wildman–Crippen LogP) is 3.68. The molecule has 26 heavy (non-hydrogen) atoms. The lowest BCUT2D eigenvalue weighted by molar-refractivity contribution is 0.0679. The molecular weight excluding hydrogens is 348 g/mol. The molecule has 1 heterocycles. The number of anilines is 1. The van der Waals surface area contributed by atoms with Crippen LogP contribution in [0.1, 0.15) is 28.8 Å². The molecule has 2 aromatic carbocycles. The van der Waals surface area contributed by atoms with Crippen molar-refractivity contribution >= 4 is 28.9 Å². The number of carbonyl (C=O) groups excluding carboxylic acids is 1. The van der Waals surface area contributed by atoms with Crippen molar-refractivity contribution in [3.05, 3.63) is 59.7 Å². The van der Waals surface area contributed by atoms with Crippen molar-refractivity contribution in [2.75, 3.05) is 18.5 Å². The van der Waals surface area contributed by atoms with Crippen LogP contribution in [0.15, 0.2) is 48.5 Å². The summed E-state index contributed by atoms with van der Waals surface area (Å²) >= 11 is 5.21. The Kier molecular flexibility index (Phi) is 6.20. The van der Waals surface area contributed by atoms with E-state index in [4.69, 9.17) is 21.7 Å². The largest absolute Gasteiger partial charge is 0.491 e. The number of thiocarbonyl (C=S) groups is 1. The summed E-state index contributed by atoms with van der Waals surface area (Å²) in [5.41, 5.74) is 2.38. The molecule has 136 valence electrons. The Labute approximate surface area is 158 Å². The first-order valence-electron chi connectivity index (χ1n) is 8.63. The van der Waals surface area contributed by atoms with Gasteiger partial charge in [0.25, 0.3) is 5.91 Å². The monoisotopic (exact) mass is 370 g/mol. The smallest absolute Gasteiger partial charge is 0.257 e. The lowest BCUT2D eigenvalue weighted by Gasteiger charge is -2.13. The third kappa shape index (κ3) is 5.28. The molecule has 1 saturated heterocycles. The van der Waals surface area contributed by atoms with Crippen LogP contribution in [0.4, 0.5) is 5.69 Å². The molecule has 2 N–H and O–H groups in total.